The lowest BCUT2D eigenvalue weighted by molar-refractivity contribution is 0.0585. The first-order chi connectivity index (χ1) is 8.70. The average Bonchev–Trinajstić information content (AvgIpc) is 2.87. The van der Waals surface area contributed by atoms with Gasteiger partial charge >= 0.3 is 5.97 Å². The lowest BCUT2D eigenvalue weighted by Crippen LogP contribution is -2.11. The van der Waals surface area contributed by atoms with Crippen molar-refractivity contribution >= 4 is 5.97 Å². The van der Waals surface area contributed by atoms with Gasteiger partial charge in [0.25, 0.3) is 5.82 Å². The number of esters is 1. The Hall–Kier alpha value is -2.21. The van der Waals surface area contributed by atoms with Crippen molar-refractivity contribution < 1.29 is 14.6 Å². The van der Waals surface area contributed by atoms with E-state index in [4.69, 9.17) is 0 Å². The highest BCUT2D eigenvalue weighted by Crippen LogP contribution is 2.13. The molecule has 0 aliphatic carbocycles. The maximum Gasteiger partial charge on any atom is 0.377 e. The van der Waals surface area contributed by atoms with Crippen LogP contribution in [0.5, 0.6) is 0 Å². The Balaban J connectivity index is 2.06. The van der Waals surface area contributed by atoms with E-state index in [0.717, 1.165) is 5.56 Å². The second kappa shape index (κ2) is 5.42. The molecule has 0 aliphatic heterocycles. The number of nitrogens with zero attached hydrogens (tertiary/aromatic N) is 3. The lowest BCUT2D eigenvalue weighted by atomic mass is 10.1. The minimum absolute atomic E-state index is 0.0160. The van der Waals surface area contributed by atoms with Crippen molar-refractivity contribution in [3.05, 3.63) is 48.0 Å². The number of benzene rings is 1. The number of rotatable bonds is 4. The summed E-state index contributed by atoms with van der Waals surface area (Å²) >= 11 is 0. The number of methoxy groups -OCH3 is 1. The van der Waals surface area contributed by atoms with Crippen LogP contribution in [0.25, 0.3) is 0 Å². The van der Waals surface area contributed by atoms with Gasteiger partial charge in [-0.15, -0.1) is 5.10 Å². The van der Waals surface area contributed by atoms with Crippen LogP contribution in [0.15, 0.2) is 36.7 Å². The minimum atomic E-state index is -0.696. The summed E-state index contributed by atoms with van der Waals surface area (Å²) in [4.78, 5) is 15.0. The number of aromatic nitrogens is 3. The summed E-state index contributed by atoms with van der Waals surface area (Å²) in [6, 6.07) is 9.21. The molecule has 1 atom stereocenters. The van der Waals surface area contributed by atoms with Gasteiger partial charge in [0.15, 0.2) is 0 Å². The number of hydrogen-bond acceptors (Lipinski definition) is 5. The topological polar surface area (TPSA) is 77.2 Å². The summed E-state index contributed by atoms with van der Waals surface area (Å²) in [5.74, 6) is -0.610. The van der Waals surface area contributed by atoms with E-state index in [-0.39, 0.29) is 12.4 Å². The molecule has 0 saturated carbocycles. The molecule has 2 rings (SSSR count). The fourth-order valence-corrected chi connectivity index (χ4v) is 1.53. The molecule has 1 N–H and O–H groups in total. The largest absolute Gasteiger partial charge is 0.463 e. The van der Waals surface area contributed by atoms with Gasteiger partial charge < -0.3 is 9.84 Å². The molecule has 1 heterocycles. The zero-order chi connectivity index (χ0) is 13.0. The van der Waals surface area contributed by atoms with Crippen LogP contribution in [-0.4, -0.2) is 33.0 Å². The van der Waals surface area contributed by atoms with Crippen LogP contribution in [0.2, 0.25) is 0 Å². The van der Waals surface area contributed by atoms with E-state index in [1.807, 2.05) is 30.3 Å². The third-order valence-electron chi connectivity index (χ3n) is 2.45. The predicted octanol–water partition coefficient (Wildman–Crippen LogP) is 0.798. The maximum absolute atomic E-state index is 11.2. The van der Waals surface area contributed by atoms with E-state index < -0.39 is 12.1 Å². The molecule has 2 aromatic rings. The van der Waals surface area contributed by atoms with E-state index in [0.29, 0.717) is 0 Å². The summed E-state index contributed by atoms with van der Waals surface area (Å²) in [6.45, 7) is 0.230. The van der Waals surface area contributed by atoms with Crippen molar-refractivity contribution in [1.82, 2.24) is 14.8 Å². The van der Waals surface area contributed by atoms with E-state index in [1.165, 1.54) is 18.1 Å². The van der Waals surface area contributed by atoms with Crippen molar-refractivity contribution in [1.29, 1.82) is 0 Å². The smallest absolute Gasteiger partial charge is 0.377 e. The van der Waals surface area contributed by atoms with Crippen LogP contribution >= 0.6 is 0 Å². The molecular formula is C12H13N3O3. The van der Waals surface area contributed by atoms with Crippen molar-refractivity contribution in [2.24, 2.45) is 0 Å². The average molecular weight is 247 g/mol. The molecule has 0 radical (unpaired) electrons. The highest BCUT2D eigenvalue weighted by molar-refractivity contribution is 5.84. The molecule has 0 fully saturated rings. The molecular weight excluding hydrogens is 234 g/mol. The number of ether oxygens (including phenoxy) is 1. The quantitative estimate of drug-likeness (QED) is 0.808. The molecule has 6 heteroatoms. The second-order valence-electron chi connectivity index (χ2n) is 3.71. The van der Waals surface area contributed by atoms with Crippen LogP contribution < -0.4 is 0 Å². The Kier molecular flexibility index (Phi) is 3.69. The van der Waals surface area contributed by atoms with Gasteiger partial charge in [-0.2, -0.15) is 0 Å². The Morgan fingerprint density at radius 3 is 2.83 bits per heavy atom. The summed E-state index contributed by atoms with van der Waals surface area (Å²) in [5.41, 5.74) is 0.785. The number of aliphatic hydroxyl groups excluding tert-OH is 1. The highest BCUT2D eigenvalue weighted by atomic mass is 16.5. The van der Waals surface area contributed by atoms with Gasteiger partial charge in [-0.25, -0.2) is 14.5 Å². The molecule has 0 amide bonds. The molecule has 0 bridgehead atoms. The van der Waals surface area contributed by atoms with Gasteiger partial charge in [-0.3, -0.25) is 0 Å². The van der Waals surface area contributed by atoms with Gasteiger partial charge in [0.1, 0.15) is 6.33 Å². The van der Waals surface area contributed by atoms with Crippen LogP contribution in [0.1, 0.15) is 22.3 Å². The van der Waals surface area contributed by atoms with Crippen LogP contribution in [0.3, 0.4) is 0 Å². The van der Waals surface area contributed by atoms with Crippen LogP contribution in [-0.2, 0) is 11.3 Å². The first kappa shape index (κ1) is 12.3. The molecule has 6 nitrogen and oxygen atoms in total. The molecule has 1 aromatic carbocycles. The number of aliphatic hydroxyl groups is 1. The van der Waals surface area contributed by atoms with Gasteiger partial charge in [-0.05, 0) is 5.56 Å². The predicted molar refractivity (Wildman–Crippen MR) is 62.8 cm³/mol. The summed E-state index contributed by atoms with van der Waals surface area (Å²) < 4.78 is 5.91. The first-order valence-electron chi connectivity index (χ1n) is 5.41. The lowest BCUT2D eigenvalue weighted by Gasteiger charge is -2.09. The van der Waals surface area contributed by atoms with Crippen molar-refractivity contribution in [2.75, 3.05) is 7.11 Å². The van der Waals surface area contributed by atoms with Crippen molar-refractivity contribution in [3.8, 4) is 0 Å². The molecule has 94 valence electrons. The number of hydrogen-bond donors (Lipinski definition) is 1. The van der Waals surface area contributed by atoms with Crippen LogP contribution in [0.4, 0.5) is 0 Å². The Morgan fingerprint density at radius 1 is 1.44 bits per heavy atom. The van der Waals surface area contributed by atoms with Gasteiger partial charge in [-0.1, -0.05) is 30.3 Å². The molecule has 1 aromatic heterocycles. The molecule has 0 aliphatic rings. The van der Waals surface area contributed by atoms with Crippen LogP contribution in [0, 0.1) is 0 Å². The first-order valence-corrected chi connectivity index (χ1v) is 5.41. The monoisotopic (exact) mass is 247 g/mol. The van der Waals surface area contributed by atoms with E-state index >= 15 is 0 Å². The van der Waals surface area contributed by atoms with E-state index in [9.17, 15) is 9.90 Å². The van der Waals surface area contributed by atoms with Gasteiger partial charge in [0.05, 0.1) is 19.8 Å². The van der Waals surface area contributed by atoms with Crippen molar-refractivity contribution in [3.63, 3.8) is 0 Å². The summed E-state index contributed by atoms with van der Waals surface area (Å²) in [7, 11) is 1.27. The molecule has 0 spiro atoms. The van der Waals surface area contributed by atoms with Gasteiger partial charge in [0.2, 0.25) is 0 Å². The fourth-order valence-electron chi connectivity index (χ4n) is 1.53. The fraction of sp³-hybridized carbons (Fsp3) is 0.250. The standard InChI is InChI=1S/C12H13N3O3/c1-18-12(17)11-13-8-15(14-11)7-10(16)9-5-3-2-4-6-9/h2-6,8,10,16H,7H2,1H3. The maximum atomic E-state index is 11.2. The summed E-state index contributed by atoms with van der Waals surface area (Å²) in [5, 5.41) is 13.9. The SMILES string of the molecule is COC(=O)c1ncn(CC(O)c2ccccc2)n1. The zero-order valence-electron chi connectivity index (χ0n) is 9.85. The normalized spacial score (nSPS) is 12.1. The Labute approximate surface area is 104 Å². The minimum Gasteiger partial charge on any atom is -0.463 e. The highest BCUT2D eigenvalue weighted by Gasteiger charge is 2.13. The molecule has 0 saturated heterocycles. The number of carbonyl (C=O) groups excluding carboxylic acids is 1. The number of carbonyl (C=O) groups is 1. The van der Waals surface area contributed by atoms with E-state index in [1.54, 1.807) is 0 Å². The Morgan fingerprint density at radius 2 is 2.17 bits per heavy atom. The summed E-state index contributed by atoms with van der Waals surface area (Å²) in [6.07, 6.45) is 0.691. The third-order valence-corrected chi connectivity index (χ3v) is 2.45. The second-order valence-corrected chi connectivity index (χ2v) is 3.71. The molecule has 18 heavy (non-hydrogen) atoms. The third kappa shape index (κ3) is 2.72. The molecule has 1 unspecified atom stereocenters. The Bertz CT molecular complexity index is 524. The van der Waals surface area contributed by atoms with Gasteiger partial charge in [0, 0.05) is 0 Å². The van der Waals surface area contributed by atoms with E-state index in [2.05, 4.69) is 14.8 Å². The zero-order valence-corrected chi connectivity index (χ0v) is 9.85. The van der Waals surface area contributed by atoms with Crippen molar-refractivity contribution in [2.45, 2.75) is 12.6 Å².